The molecule has 0 spiro atoms. The molecule has 1 rings (SSSR count). The van der Waals surface area contributed by atoms with Crippen LogP contribution in [-0.2, 0) is 4.74 Å². The van der Waals surface area contributed by atoms with Crippen molar-refractivity contribution in [3.63, 3.8) is 0 Å². The summed E-state index contributed by atoms with van der Waals surface area (Å²) in [4.78, 5) is 0. The number of hydrogen-bond acceptors (Lipinski definition) is 5. The smallest absolute Gasteiger partial charge is 0.172 e. The molecule has 0 aromatic carbocycles. The van der Waals surface area contributed by atoms with Crippen molar-refractivity contribution in [2.45, 2.75) is 37.4 Å². The average molecular weight is 173 g/mol. The molecule has 0 radical (unpaired) electrons. The molecule has 0 amide bonds. The summed E-state index contributed by atoms with van der Waals surface area (Å²) in [5, 5.41) is 36.0. The third-order valence-corrected chi connectivity index (χ3v) is 1.98. The van der Waals surface area contributed by atoms with E-state index in [1.807, 2.05) is 0 Å². The number of hydrogen-bond donors (Lipinski definition) is 3. The maximum atomic E-state index is 9.19. The fraction of sp³-hybridized carbons (Fsp3) is 0.857. The topological polar surface area (TPSA) is 93.7 Å². The number of aliphatic hydroxyl groups excluding tert-OH is 3. The summed E-state index contributed by atoms with van der Waals surface area (Å²) < 4.78 is 4.91. The van der Waals surface area contributed by atoms with Crippen LogP contribution >= 0.6 is 0 Å². The van der Waals surface area contributed by atoms with Gasteiger partial charge in [-0.2, -0.15) is 5.26 Å². The van der Waals surface area contributed by atoms with Crippen LogP contribution in [-0.4, -0.2) is 45.8 Å². The molecule has 0 aromatic rings. The second-order valence-corrected chi connectivity index (χ2v) is 2.86. The van der Waals surface area contributed by atoms with E-state index in [0.717, 1.165) is 0 Å². The largest absolute Gasteiger partial charge is 0.388 e. The highest BCUT2D eigenvalue weighted by molar-refractivity contribution is 5.00. The minimum atomic E-state index is -1.33. The van der Waals surface area contributed by atoms with Gasteiger partial charge in [0.05, 0.1) is 12.2 Å². The lowest BCUT2D eigenvalue weighted by molar-refractivity contribution is -0.201. The van der Waals surface area contributed by atoms with E-state index < -0.39 is 30.5 Å². The Morgan fingerprint density at radius 3 is 2.25 bits per heavy atom. The monoisotopic (exact) mass is 173 g/mol. The number of nitriles is 1. The Bertz CT molecular complexity index is 202. The first kappa shape index (κ1) is 9.42. The number of ether oxygens (including phenoxy) is 1. The van der Waals surface area contributed by atoms with E-state index >= 15 is 0 Å². The van der Waals surface area contributed by atoms with Crippen molar-refractivity contribution in [2.75, 3.05) is 0 Å². The molecule has 1 aliphatic heterocycles. The second-order valence-electron chi connectivity index (χ2n) is 2.86. The zero-order valence-electron chi connectivity index (χ0n) is 6.58. The van der Waals surface area contributed by atoms with Gasteiger partial charge in [0.2, 0.25) is 0 Å². The van der Waals surface area contributed by atoms with E-state index in [4.69, 9.17) is 15.1 Å². The average Bonchev–Trinajstić information content (AvgIpc) is 2.08. The van der Waals surface area contributed by atoms with Crippen LogP contribution in [0.5, 0.6) is 0 Å². The van der Waals surface area contributed by atoms with Crippen LogP contribution in [0.4, 0.5) is 0 Å². The van der Waals surface area contributed by atoms with Gasteiger partial charge in [-0.3, -0.25) is 0 Å². The highest BCUT2D eigenvalue weighted by atomic mass is 16.5. The maximum absolute atomic E-state index is 9.19. The van der Waals surface area contributed by atoms with Crippen LogP contribution in [0.1, 0.15) is 6.92 Å². The van der Waals surface area contributed by atoms with Gasteiger partial charge >= 0.3 is 0 Å². The molecule has 1 aliphatic rings. The molecular formula is C7H11NO4. The van der Waals surface area contributed by atoms with Crippen LogP contribution in [0, 0.1) is 11.3 Å². The van der Waals surface area contributed by atoms with E-state index in [0.29, 0.717) is 0 Å². The van der Waals surface area contributed by atoms with Gasteiger partial charge in [0.15, 0.2) is 6.10 Å². The molecule has 0 aromatic heterocycles. The van der Waals surface area contributed by atoms with Crippen molar-refractivity contribution in [3.05, 3.63) is 0 Å². The minimum absolute atomic E-state index is 0.631. The highest BCUT2D eigenvalue weighted by Crippen LogP contribution is 2.19. The van der Waals surface area contributed by atoms with Crippen LogP contribution in [0.2, 0.25) is 0 Å². The third kappa shape index (κ3) is 1.42. The first-order valence-corrected chi connectivity index (χ1v) is 3.67. The summed E-state index contributed by atoms with van der Waals surface area (Å²) in [5.41, 5.74) is 0. The van der Waals surface area contributed by atoms with E-state index in [2.05, 4.69) is 0 Å². The van der Waals surface area contributed by atoms with Crippen LogP contribution < -0.4 is 0 Å². The molecule has 1 heterocycles. The first-order chi connectivity index (χ1) is 5.57. The molecule has 0 saturated carbocycles. The Morgan fingerprint density at radius 1 is 1.17 bits per heavy atom. The SMILES string of the molecule is CC1OC(C#N)C(O)C(O)C1O. The lowest BCUT2D eigenvalue weighted by Gasteiger charge is -2.36. The summed E-state index contributed by atoms with van der Waals surface area (Å²) in [6.07, 6.45) is -5.46. The van der Waals surface area contributed by atoms with Crippen LogP contribution in [0.3, 0.4) is 0 Å². The van der Waals surface area contributed by atoms with Gasteiger partial charge in [-0.05, 0) is 6.92 Å². The molecule has 5 atom stereocenters. The molecule has 3 N–H and O–H groups in total. The maximum Gasteiger partial charge on any atom is 0.172 e. The summed E-state index contributed by atoms with van der Waals surface area (Å²) in [6.45, 7) is 1.53. The molecule has 5 heteroatoms. The molecule has 5 nitrogen and oxygen atoms in total. The van der Waals surface area contributed by atoms with Crippen molar-refractivity contribution >= 4 is 0 Å². The molecule has 0 bridgehead atoms. The van der Waals surface area contributed by atoms with Gasteiger partial charge in [0.1, 0.15) is 18.3 Å². The Kier molecular flexibility index (Phi) is 2.65. The number of rotatable bonds is 0. The van der Waals surface area contributed by atoms with E-state index in [9.17, 15) is 10.2 Å². The molecule has 68 valence electrons. The minimum Gasteiger partial charge on any atom is -0.388 e. The lowest BCUT2D eigenvalue weighted by Crippen LogP contribution is -2.56. The predicted octanol–water partition coefficient (Wildman–Crippen LogP) is -1.62. The van der Waals surface area contributed by atoms with Gasteiger partial charge in [-0.25, -0.2) is 0 Å². The summed E-state index contributed by atoms with van der Waals surface area (Å²) in [5.74, 6) is 0. The zero-order chi connectivity index (χ0) is 9.30. The van der Waals surface area contributed by atoms with Crippen molar-refractivity contribution < 1.29 is 20.1 Å². The van der Waals surface area contributed by atoms with Gasteiger partial charge in [-0.15, -0.1) is 0 Å². The number of nitrogens with zero attached hydrogens (tertiary/aromatic N) is 1. The van der Waals surface area contributed by atoms with E-state index in [1.165, 1.54) is 6.92 Å². The van der Waals surface area contributed by atoms with Crippen molar-refractivity contribution in [1.82, 2.24) is 0 Å². The molecule has 1 fully saturated rings. The quantitative estimate of drug-likeness (QED) is 0.409. The summed E-state index contributed by atoms with van der Waals surface area (Å²) in [6, 6.07) is 1.69. The summed E-state index contributed by atoms with van der Waals surface area (Å²) in [7, 11) is 0. The predicted molar refractivity (Wildman–Crippen MR) is 38.0 cm³/mol. The standard InChI is InChI=1S/C7H11NO4/c1-3-5(9)7(11)6(10)4(2-8)12-3/h3-7,9-11H,1H3. The lowest BCUT2D eigenvalue weighted by atomic mass is 9.96. The summed E-state index contributed by atoms with van der Waals surface area (Å²) >= 11 is 0. The van der Waals surface area contributed by atoms with Gasteiger partial charge in [0, 0.05) is 0 Å². The Hall–Kier alpha value is -0.670. The molecule has 5 unspecified atom stereocenters. The van der Waals surface area contributed by atoms with Crippen molar-refractivity contribution in [2.24, 2.45) is 0 Å². The van der Waals surface area contributed by atoms with Crippen LogP contribution in [0.15, 0.2) is 0 Å². The molecular weight excluding hydrogens is 162 g/mol. The fourth-order valence-corrected chi connectivity index (χ4v) is 1.16. The highest BCUT2D eigenvalue weighted by Gasteiger charge is 2.41. The third-order valence-electron chi connectivity index (χ3n) is 1.98. The Morgan fingerprint density at radius 2 is 1.75 bits per heavy atom. The van der Waals surface area contributed by atoms with Gasteiger partial charge in [0.25, 0.3) is 0 Å². The molecule has 12 heavy (non-hydrogen) atoms. The second kappa shape index (κ2) is 3.37. The fourth-order valence-electron chi connectivity index (χ4n) is 1.16. The van der Waals surface area contributed by atoms with Crippen LogP contribution in [0.25, 0.3) is 0 Å². The molecule has 1 saturated heterocycles. The van der Waals surface area contributed by atoms with E-state index in [-0.39, 0.29) is 0 Å². The van der Waals surface area contributed by atoms with Crippen molar-refractivity contribution in [1.29, 1.82) is 5.26 Å². The Balaban J connectivity index is 2.72. The van der Waals surface area contributed by atoms with Crippen molar-refractivity contribution in [3.8, 4) is 6.07 Å². The number of aliphatic hydroxyl groups is 3. The zero-order valence-corrected chi connectivity index (χ0v) is 6.58. The van der Waals surface area contributed by atoms with E-state index in [1.54, 1.807) is 6.07 Å². The first-order valence-electron chi connectivity index (χ1n) is 3.67. The van der Waals surface area contributed by atoms with Gasteiger partial charge < -0.3 is 20.1 Å². The Labute approximate surface area is 69.8 Å². The van der Waals surface area contributed by atoms with Gasteiger partial charge in [-0.1, -0.05) is 0 Å². The normalized spacial score (nSPS) is 48.4. The molecule has 0 aliphatic carbocycles.